The Kier molecular flexibility index (Phi) is 7.07. The van der Waals surface area contributed by atoms with E-state index in [1.165, 1.54) is 31.4 Å². The van der Waals surface area contributed by atoms with Gasteiger partial charge in [-0.2, -0.15) is 5.26 Å². The average Bonchev–Trinajstić information content (AvgIpc) is 2.69. The van der Waals surface area contributed by atoms with Gasteiger partial charge in [-0.25, -0.2) is 9.37 Å². The fourth-order valence-corrected chi connectivity index (χ4v) is 2.61. The molecule has 0 unspecified atom stereocenters. The van der Waals surface area contributed by atoms with Gasteiger partial charge in [0.25, 0.3) is 5.91 Å². The third kappa shape index (κ3) is 4.92. The van der Waals surface area contributed by atoms with Crippen LogP contribution in [0.1, 0.15) is 27.7 Å². The number of carbonyl (C=O) groups is 1. The fraction of sp³-hybridized carbons (Fsp3) is 0.278. The lowest BCUT2D eigenvalue weighted by atomic mass is 10.1. The van der Waals surface area contributed by atoms with Gasteiger partial charge in [-0.15, -0.1) is 12.4 Å². The zero-order valence-corrected chi connectivity index (χ0v) is 15.3. The number of nitrogens with one attached hydrogen (secondary N) is 2. The Morgan fingerprint density at radius 3 is 2.89 bits per heavy atom. The molecule has 1 fully saturated rings. The summed E-state index contributed by atoms with van der Waals surface area (Å²) < 4.78 is 25.0. The first kappa shape index (κ1) is 20.6. The summed E-state index contributed by atoms with van der Waals surface area (Å²) in [5.74, 6) is -0.997. The highest BCUT2D eigenvalue weighted by Crippen LogP contribution is 2.24. The fourth-order valence-electron chi connectivity index (χ4n) is 2.61. The van der Waals surface area contributed by atoms with Crippen molar-refractivity contribution in [3.63, 3.8) is 0 Å². The SMILES string of the molecule is COc1cc(C(=O)Nc2ccc([C@H]3CNCCO3)cc2F)cc(C#N)n1.Cl. The standard InChI is InChI=1S/C18H17FN4O3.ClH/c1-25-17-8-12(6-13(9-20)22-17)18(24)23-15-3-2-11(7-14(15)19)16-10-21-4-5-26-16;/h2-3,6-8,16,21H,4-5,10H2,1H3,(H,23,24);1H/t16-;/m1./s1. The summed E-state index contributed by atoms with van der Waals surface area (Å²) in [6, 6.07) is 9.09. The molecule has 1 aliphatic heterocycles. The number of pyridine rings is 1. The lowest BCUT2D eigenvalue weighted by molar-refractivity contribution is 0.0275. The monoisotopic (exact) mass is 392 g/mol. The third-order valence-corrected chi connectivity index (χ3v) is 3.93. The van der Waals surface area contributed by atoms with E-state index in [1.54, 1.807) is 6.07 Å². The van der Waals surface area contributed by atoms with E-state index >= 15 is 0 Å². The minimum absolute atomic E-state index is 0. The maximum absolute atomic E-state index is 14.4. The van der Waals surface area contributed by atoms with E-state index in [9.17, 15) is 9.18 Å². The highest BCUT2D eigenvalue weighted by molar-refractivity contribution is 6.04. The van der Waals surface area contributed by atoms with Crippen LogP contribution in [0.4, 0.5) is 10.1 Å². The zero-order chi connectivity index (χ0) is 18.5. The molecule has 0 spiro atoms. The Bertz CT molecular complexity index is 866. The molecule has 1 aliphatic rings. The topological polar surface area (TPSA) is 96.3 Å². The first-order chi connectivity index (χ1) is 12.6. The number of amides is 1. The highest BCUT2D eigenvalue weighted by Gasteiger charge is 2.18. The van der Waals surface area contributed by atoms with E-state index in [1.807, 2.05) is 6.07 Å². The van der Waals surface area contributed by atoms with Crippen LogP contribution in [0.5, 0.6) is 5.88 Å². The maximum Gasteiger partial charge on any atom is 0.256 e. The maximum atomic E-state index is 14.4. The number of carbonyl (C=O) groups excluding carboxylic acids is 1. The highest BCUT2D eigenvalue weighted by atomic mass is 35.5. The minimum Gasteiger partial charge on any atom is -0.481 e. The van der Waals surface area contributed by atoms with Crippen molar-refractivity contribution < 1.29 is 18.7 Å². The van der Waals surface area contributed by atoms with Gasteiger partial charge in [0.2, 0.25) is 5.88 Å². The van der Waals surface area contributed by atoms with Gasteiger partial charge in [0.1, 0.15) is 17.6 Å². The smallest absolute Gasteiger partial charge is 0.256 e. The molecule has 7 nitrogen and oxygen atoms in total. The predicted molar refractivity (Wildman–Crippen MR) is 98.7 cm³/mol. The Balaban J connectivity index is 0.00000261. The number of nitrogens with zero attached hydrogens (tertiary/aromatic N) is 2. The van der Waals surface area contributed by atoms with Crippen LogP contribution in [0.15, 0.2) is 30.3 Å². The molecule has 1 amide bonds. The molecule has 1 aromatic carbocycles. The molecule has 0 aliphatic carbocycles. The van der Waals surface area contributed by atoms with Crippen molar-refractivity contribution >= 4 is 24.0 Å². The molecule has 2 aromatic rings. The third-order valence-electron chi connectivity index (χ3n) is 3.93. The van der Waals surface area contributed by atoms with Crippen LogP contribution < -0.4 is 15.4 Å². The largest absolute Gasteiger partial charge is 0.481 e. The molecule has 0 bridgehead atoms. The number of aromatic nitrogens is 1. The second-order valence-electron chi connectivity index (χ2n) is 5.65. The summed E-state index contributed by atoms with van der Waals surface area (Å²) >= 11 is 0. The number of rotatable bonds is 4. The van der Waals surface area contributed by atoms with E-state index in [0.717, 1.165) is 6.54 Å². The molecule has 0 radical (unpaired) electrons. The average molecular weight is 393 g/mol. The normalized spacial score (nSPS) is 16.0. The lowest BCUT2D eigenvalue weighted by Crippen LogP contribution is -2.33. The molecule has 3 rings (SSSR count). The van der Waals surface area contributed by atoms with Gasteiger partial charge >= 0.3 is 0 Å². The number of hydrogen-bond acceptors (Lipinski definition) is 6. The van der Waals surface area contributed by atoms with Gasteiger partial charge < -0.3 is 20.1 Å². The van der Waals surface area contributed by atoms with Crippen LogP contribution in [0.3, 0.4) is 0 Å². The number of morpholine rings is 1. The molecule has 1 saturated heterocycles. The van der Waals surface area contributed by atoms with E-state index < -0.39 is 11.7 Å². The van der Waals surface area contributed by atoms with Gasteiger partial charge in [-0.1, -0.05) is 6.07 Å². The van der Waals surface area contributed by atoms with Crippen LogP contribution in [0.2, 0.25) is 0 Å². The summed E-state index contributed by atoms with van der Waals surface area (Å²) in [5, 5.41) is 14.7. The summed E-state index contributed by atoms with van der Waals surface area (Å²) in [4.78, 5) is 16.3. The summed E-state index contributed by atoms with van der Waals surface area (Å²) in [6.45, 7) is 1.95. The molecule has 2 N–H and O–H groups in total. The Hall–Kier alpha value is -2.73. The number of hydrogen-bond donors (Lipinski definition) is 2. The molecule has 142 valence electrons. The molecular weight excluding hydrogens is 375 g/mol. The van der Waals surface area contributed by atoms with Crippen LogP contribution in [0.25, 0.3) is 0 Å². The summed E-state index contributed by atoms with van der Waals surface area (Å²) in [5.41, 5.74) is 0.922. The Morgan fingerprint density at radius 1 is 1.44 bits per heavy atom. The van der Waals surface area contributed by atoms with E-state index in [2.05, 4.69) is 15.6 Å². The van der Waals surface area contributed by atoms with Gasteiger partial charge in [0.05, 0.1) is 25.5 Å². The van der Waals surface area contributed by atoms with Crippen molar-refractivity contribution in [2.24, 2.45) is 0 Å². The van der Waals surface area contributed by atoms with Crippen molar-refractivity contribution in [3.8, 4) is 11.9 Å². The summed E-state index contributed by atoms with van der Waals surface area (Å²) in [7, 11) is 1.38. The minimum atomic E-state index is -0.565. The van der Waals surface area contributed by atoms with Crippen LogP contribution >= 0.6 is 12.4 Å². The van der Waals surface area contributed by atoms with Crippen LogP contribution in [0, 0.1) is 17.1 Å². The Labute approximate surface area is 161 Å². The van der Waals surface area contributed by atoms with E-state index in [0.29, 0.717) is 18.7 Å². The first-order valence-corrected chi connectivity index (χ1v) is 8.00. The molecule has 9 heteroatoms. The molecule has 27 heavy (non-hydrogen) atoms. The molecule has 2 heterocycles. The number of benzene rings is 1. The van der Waals surface area contributed by atoms with Crippen molar-refractivity contribution in [1.82, 2.24) is 10.3 Å². The molecule has 0 saturated carbocycles. The van der Waals surface area contributed by atoms with Crippen molar-refractivity contribution in [2.75, 3.05) is 32.1 Å². The molecular formula is C18H18ClFN4O3. The lowest BCUT2D eigenvalue weighted by Gasteiger charge is -2.24. The number of halogens is 2. The second-order valence-corrected chi connectivity index (χ2v) is 5.65. The number of methoxy groups -OCH3 is 1. The number of anilines is 1. The van der Waals surface area contributed by atoms with Crippen LogP contribution in [-0.4, -0.2) is 37.7 Å². The van der Waals surface area contributed by atoms with Gasteiger partial charge in [-0.3, -0.25) is 4.79 Å². The predicted octanol–water partition coefficient (Wildman–Crippen LogP) is 2.44. The first-order valence-electron chi connectivity index (χ1n) is 8.00. The van der Waals surface area contributed by atoms with E-state index in [-0.39, 0.29) is 41.3 Å². The Morgan fingerprint density at radius 2 is 2.26 bits per heavy atom. The zero-order valence-electron chi connectivity index (χ0n) is 14.5. The second kappa shape index (κ2) is 9.28. The summed E-state index contributed by atoms with van der Waals surface area (Å²) in [6.07, 6.45) is -0.217. The van der Waals surface area contributed by atoms with Gasteiger partial charge in [0, 0.05) is 24.7 Å². The molecule has 1 atom stereocenters. The van der Waals surface area contributed by atoms with Crippen molar-refractivity contribution in [1.29, 1.82) is 5.26 Å². The van der Waals surface area contributed by atoms with E-state index in [4.69, 9.17) is 14.7 Å². The van der Waals surface area contributed by atoms with Gasteiger partial charge in [0.15, 0.2) is 0 Å². The van der Waals surface area contributed by atoms with Crippen LogP contribution in [-0.2, 0) is 4.74 Å². The number of nitriles is 1. The van der Waals surface area contributed by atoms with Gasteiger partial charge in [-0.05, 0) is 23.8 Å². The molecule has 1 aromatic heterocycles. The van der Waals surface area contributed by atoms with Crippen molar-refractivity contribution in [3.05, 3.63) is 53.0 Å². The quantitative estimate of drug-likeness (QED) is 0.829. The number of ether oxygens (including phenoxy) is 2. The van der Waals surface area contributed by atoms with Crippen molar-refractivity contribution in [2.45, 2.75) is 6.10 Å².